The molecule has 1 unspecified atom stereocenters. The van der Waals surface area contributed by atoms with Gasteiger partial charge in [0.15, 0.2) is 0 Å². The van der Waals surface area contributed by atoms with Crippen molar-refractivity contribution < 1.29 is 14.3 Å². The van der Waals surface area contributed by atoms with Crippen LogP contribution in [0, 0.1) is 12.3 Å². The third kappa shape index (κ3) is 7.86. The number of ether oxygens (including phenoxy) is 1. The van der Waals surface area contributed by atoms with Crippen LogP contribution in [0.25, 0.3) is 5.57 Å². The summed E-state index contributed by atoms with van der Waals surface area (Å²) in [7, 11) is 0. The number of benzene rings is 1. The molecule has 1 aromatic carbocycles. The third-order valence-electron chi connectivity index (χ3n) is 4.53. The van der Waals surface area contributed by atoms with Crippen LogP contribution < -0.4 is 10.6 Å². The third-order valence-corrected chi connectivity index (χ3v) is 5.83. The maximum Gasteiger partial charge on any atom is 0.407 e. The molecule has 1 heterocycles. The van der Waals surface area contributed by atoms with E-state index in [-0.39, 0.29) is 18.5 Å². The molecule has 1 aromatic heterocycles. The van der Waals surface area contributed by atoms with Gasteiger partial charge in [0, 0.05) is 22.9 Å². The summed E-state index contributed by atoms with van der Waals surface area (Å²) >= 11 is 1.37. The molecule has 0 saturated carbocycles. The molecule has 2 amide bonds. The number of aryl methyl sites for hydroxylation is 1. The highest BCUT2D eigenvalue weighted by Crippen LogP contribution is 2.30. The van der Waals surface area contributed by atoms with Crippen molar-refractivity contribution in [3.8, 4) is 0 Å². The number of allylic oxidation sites excluding steroid dienone is 1. The first-order valence-corrected chi connectivity index (χ1v) is 11.4. The van der Waals surface area contributed by atoms with Gasteiger partial charge in [-0.3, -0.25) is 10.2 Å². The monoisotopic (exact) mass is 453 g/mol. The summed E-state index contributed by atoms with van der Waals surface area (Å²) in [5, 5.41) is 13.0. The van der Waals surface area contributed by atoms with Crippen LogP contribution in [-0.4, -0.2) is 36.1 Å². The molecule has 0 spiro atoms. The molecule has 3 N–H and O–H groups in total. The highest BCUT2D eigenvalue weighted by Gasteiger charge is 2.21. The summed E-state index contributed by atoms with van der Waals surface area (Å²) in [6.45, 7) is 9.58. The SMILES string of the molecule is CCC(=C=C=N)c1sc(C(=O)NC(CNC(=O)OC(C)(C)C)Cc2ccccc2)cc1C. The lowest BCUT2D eigenvalue weighted by Gasteiger charge is -2.22. The van der Waals surface area contributed by atoms with Crippen molar-refractivity contribution >= 4 is 34.8 Å². The second-order valence-electron chi connectivity index (χ2n) is 8.45. The number of thiophene rings is 1. The molecule has 0 saturated heterocycles. The number of rotatable bonds is 8. The van der Waals surface area contributed by atoms with Gasteiger partial charge in [-0.05, 0) is 63.5 Å². The lowest BCUT2D eigenvalue weighted by atomic mass is 10.1. The van der Waals surface area contributed by atoms with Crippen LogP contribution in [-0.2, 0) is 11.2 Å². The molecule has 0 bridgehead atoms. The minimum absolute atomic E-state index is 0.203. The molecule has 2 aromatic rings. The summed E-state index contributed by atoms with van der Waals surface area (Å²) in [6.07, 6.45) is 0.747. The van der Waals surface area contributed by atoms with Crippen molar-refractivity contribution in [2.45, 2.75) is 59.1 Å². The van der Waals surface area contributed by atoms with Crippen molar-refractivity contribution in [3.05, 3.63) is 63.0 Å². The maximum absolute atomic E-state index is 13.0. The Morgan fingerprint density at radius 2 is 1.91 bits per heavy atom. The Hall–Kier alpha value is -3.11. The molecule has 0 aliphatic rings. The van der Waals surface area contributed by atoms with Crippen molar-refractivity contribution in [1.82, 2.24) is 10.6 Å². The zero-order valence-electron chi connectivity index (χ0n) is 19.3. The van der Waals surface area contributed by atoms with Gasteiger partial charge in [0.05, 0.1) is 10.9 Å². The molecule has 7 heteroatoms. The zero-order chi connectivity index (χ0) is 23.7. The van der Waals surface area contributed by atoms with Gasteiger partial charge in [-0.1, -0.05) is 37.3 Å². The fourth-order valence-electron chi connectivity index (χ4n) is 3.12. The average Bonchev–Trinajstić information content (AvgIpc) is 3.11. The minimum Gasteiger partial charge on any atom is -0.444 e. The molecule has 32 heavy (non-hydrogen) atoms. The number of amides is 2. The summed E-state index contributed by atoms with van der Waals surface area (Å²) < 4.78 is 5.32. The lowest BCUT2D eigenvalue weighted by Crippen LogP contribution is -2.45. The summed E-state index contributed by atoms with van der Waals surface area (Å²) in [5.74, 6) is 2.00. The molecule has 6 nitrogen and oxygen atoms in total. The van der Waals surface area contributed by atoms with E-state index in [0.717, 1.165) is 21.6 Å². The Balaban J connectivity index is 2.17. The molecule has 0 aliphatic heterocycles. The Labute approximate surface area is 193 Å². The van der Waals surface area contributed by atoms with Crippen LogP contribution in [0.3, 0.4) is 0 Å². The van der Waals surface area contributed by atoms with Crippen LogP contribution >= 0.6 is 11.3 Å². The molecule has 0 fully saturated rings. The molecular formula is C25H31N3O3S. The van der Waals surface area contributed by atoms with Crippen molar-refractivity contribution in [2.24, 2.45) is 0 Å². The quantitative estimate of drug-likeness (QED) is 0.383. The van der Waals surface area contributed by atoms with E-state index in [9.17, 15) is 9.59 Å². The molecule has 170 valence electrons. The second kappa shape index (κ2) is 11.5. The molecule has 0 aliphatic carbocycles. The van der Waals surface area contributed by atoms with Crippen LogP contribution in [0.1, 0.15) is 59.8 Å². The maximum atomic E-state index is 13.0. The number of carbonyl (C=O) groups excluding carboxylic acids is 2. The van der Waals surface area contributed by atoms with Crippen molar-refractivity contribution in [1.29, 1.82) is 5.41 Å². The Morgan fingerprint density at radius 3 is 2.50 bits per heavy atom. The normalized spacial score (nSPS) is 11.7. The fourth-order valence-corrected chi connectivity index (χ4v) is 4.27. The Kier molecular flexibility index (Phi) is 9.03. The molecule has 1 atom stereocenters. The van der Waals surface area contributed by atoms with E-state index in [1.54, 1.807) is 20.8 Å². The van der Waals surface area contributed by atoms with E-state index < -0.39 is 11.7 Å². The second-order valence-corrected chi connectivity index (χ2v) is 9.50. The summed E-state index contributed by atoms with van der Waals surface area (Å²) in [4.78, 5) is 26.6. The highest BCUT2D eigenvalue weighted by molar-refractivity contribution is 7.15. The largest absolute Gasteiger partial charge is 0.444 e. The zero-order valence-corrected chi connectivity index (χ0v) is 20.1. The van der Waals surface area contributed by atoms with Crippen LogP contribution in [0.15, 0.2) is 42.1 Å². The smallest absolute Gasteiger partial charge is 0.407 e. The van der Waals surface area contributed by atoms with E-state index in [1.165, 1.54) is 11.3 Å². The Morgan fingerprint density at radius 1 is 1.22 bits per heavy atom. The van der Waals surface area contributed by atoms with Crippen LogP contribution in [0.5, 0.6) is 0 Å². The van der Waals surface area contributed by atoms with Gasteiger partial charge < -0.3 is 15.4 Å². The van der Waals surface area contributed by atoms with Gasteiger partial charge in [0.1, 0.15) is 5.60 Å². The van der Waals surface area contributed by atoms with Gasteiger partial charge in [-0.25, -0.2) is 4.79 Å². The van der Waals surface area contributed by atoms with E-state index in [4.69, 9.17) is 10.1 Å². The lowest BCUT2D eigenvalue weighted by molar-refractivity contribution is 0.0520. The number of hydrogen-bond donors (Lipinski definition) is 3. The van der Waals surface area contributed by atoms with E-state index in [1.807, 2.05) is 50.2 Å². The summed E-state index contributed by atoms with van der Waals surface area (Å²) in [6, 6.07) is 11.3. The minimum atomic E-state index is -0.595. The van der Waals surface area contributed by atoms with Gasteiger partial charge in [0.2, 0.25) is 0 Å². The predicted octanol–water partition coefficient (Wildman–Crippen LogP) is 5.12. The van der Waals surface area contributed by atoms with Crippen molar-refractivity contribution in [2.75, 3.05) is 6.54 Å². The Bertz CT molecular complexity index is 1020. The summed E-state index contributed by atoms with van der Waals surface area (Å²) in [5.41, 5.74) is 5.10. The predicted molar refractivity (Wildman–Crippen MR) is 130 cm³/mol. The molecular weight excluding hydrogens is 422 g/mol. The number of carbonyl (C=O) groups is 2. The number of nitrogens with one attached hydrogen (secondary N) is 3. The first-order valence-electron chi connectivity index (χ1n) is 10.6. The number of alkyl carbamates (subject to hydrolysis) is 1. The van der Waals surface area contributed by atoms with E-state index in [2.05, 4.69) is 22.2 Å². The van der Waals surface area contributed by atoms with Gasteiger partial charge in [0.25, 0.3) is 5.91 Å². The molecule has 2 rings (SSSR count). The molecule has 0 radical (unpaired) electrons. The van der Waals surface area contributed by atoms with E-state index in [0.29, 0.717) is 17.7 Å². The van der Waals surface area contributed by atoms with Gasteiger partial charge in [-0.15, -0.1) is 11.3 Å². The van der Waals surface area contributed by atoms with Gasteiger partial charge >= 0.3 is 6.09 Å². The number of hydrogen-bond acceptors (Lipinski definition) is 5. The standard InChI is InChI=1S/C25H31N3O3S/c1-6-19(12-13-26)22-17(2)14-21(32-22)23(29)28-20(15-18-10-8-7-9-11-18)16-27-24(30)31-25(3,4)5/h7-11,14,20,26H,6,15-16H2,1-5H3,(H,27,30)(H,28,29). The topological polar surface area (TPSA) is 91.3 Å². The first kappa shape index (κ1) is 25.2. The van der Waals surface area contributed by atoms with Crippen LogP contribution in [0.2, 0.25) is 0 Å². The average molecular weight is 454 g/mol. The van der Waals surface area contributed by atoms with Crippen LogP contribution in [0.4, 0.5) is 4.79 Å². The fraction of sp³-hybridized carbons (Fsp3) is 0.400. The van der Waals surface area contributed by atoms with Gasteiger partial charge in [-0.2, -0.15) is 0 Å². The highest BCUT2D eigenvalue weighted by atomic mass is 32.1. The van der Waals surface area contributed by atoms with Crippen molar-refractivity contribution in [3.63, 3.8) is 0 Å². The first-order chi connectivity index (χ1) is 15.1. The van der Waals surface area contributed by atoms with E-state index >= 15 is 0 Å².